The van der Waals surface area contributed by atoms with E-state index in [0.29, 0.717) is 10.5 Å². The Balaban J connectivity index is 1.49. The first-order chi connectivity index (χ1) is 21.2. The van der Waals surface area contributed by atoms with Crippen LogP contribution in [0.15, 0.2) is 63.7 Å². The molecule has 45 heavy (non-hydrogen) atoms. The van der Waals surface area contributed by atoms with Crippen molar-refractivity contribution in [2.45, 2.75) is 18.8 Å². The van der Waals surface area contributed by atoms with E-state index in [1.54, 1.807) is 6.08 Å². The number of imide groups is 1. The van der Waals surface area contributed by atoms with Gasteiger partial charge in [0.05, 0.1) is 31.9 Å². The van der Waals surface area contributed by atoms with Gasteiger partial charge in [-0.3, -0.25) is 39.4 Å². The molecule has 0 saturated carbocycles. The normalized spacial score (nSPS) is 24.1. The van der Waals surface area contributed by atoms with Gasteiger partial charge in [0.2, 0.25) is 11.8 Å². The van der Waals surface area contributed by atoms with Gasteiger partial charge in [0.1, 0.15) is 0 Å². The fourth-order valence-electron chi connectivity index (χ4n) is 7.00. The van der Waals surface area contributed by atoms with Gasteiger partial charge >= 0.3 is 11.4 Å². The van der Waals surface area contributed by atoms with Crippen LogP contribution in [0.2, 0.25) is 0 Å². The van der Waals surface area contributed by atoms with Gasteiger partial charge in [-0.05, 0) is 52.4 Å². The molecular weight excluding hydrogens is 659 g/mol. The maximum absolute atomic E-state index is 14.6. The molecule has 1 aliphatic heterocycles. The van der Waals surface area contributed by atoms with Gasteiger partial charge in [0, 0.05) is 49.4 Å². The molecule has 0 spiro atoms. The lowest BCUT2D eigenvalue weighted by molar-refractivity contribution is -0.392. The Morgan fingerprint density at radius 3 is 2.22 bits per heavy atom. The fourth-order valence-corrected chi connectivity index (χ4v) is 7.45. The van der Waals surface area contributed by atoms with E-state index in [2.05, 4.69) is 15.9 Å². The molecule has 230 valence electrons. The van der Waals surface area contributed by atoms with Crippen LogP contribution in [0.25, 0.3) is 0 Å². The van der Waals surface area contributed by atoms with E-state index in [1.165, 1.54) is 25.1 Å². The Morgan fingerprint density at radius 1 is 1.00 bits per heavy atom. The second-order valence-electron chi connectivity index (χ2n) is 11.4. The molecule has 4 aliphatic rings. The number of nitro benzene ring substituents is 2. The standard InChI is InChI=1S/C30H22BrFN4O9/c1-33(2)27-20(35(42)43)8-13(9-21(27)36(44)45)34-29(40)15-5-4-14-16(25(15)30(34)41)10-17-26(23(38)11-18(31)28(17)39)24(14)12-3-6-22(37)19(32)7-12/h3-4,6-9,11,15-16,24-25,37H,5,10H2,1-2H3. The molecule has 13 nitrogen and oxygen atoms in total. The molecule has 15 heteroatoms. The summed E-state index contributed by atoms with van der Waals surface area (Å²) in [5.74, 6) is -7.91. The summed E-state index contributed by atoms with van der Waals surface area (Å²) in [6.07, 6.45) is 2.73. The number of Topliss-reactive ketones (excluding diaryl/α,β-unsaturated/α-hetero) is 1. The van der Waals surface area contributed by atoms with E-state index in [0.717, 1.165) is 30.3 Å². The first kappa shape index (κ1) is 30.0. The lowest BCUT2D eigenvalue weighted by atomic mass is 9.59. The molecule has 1 N–H and O–H groups in total. The number of nitro groups is 2. The van der Waals surface area contributed by atoms with Crippen molar-refractivity contribution in [2.75, 3.05) is 23.9 Å². The lowest BCUT2D eigenvalue weighted by Gasteiger charge is -2.42. The summed E-state index contributed by atoms with van der Waals surface area (Å²) in [4.78, 5) is 78.7. The number of hydrogen-bond acceptors (Lipinski definition) is 10. The van der Waals surface area contributed by atoms with Crippen LogP contribution in [0.4, 0.5) is 27.1 Å². The number of fused-ring (bicyclic) bond motifs is 3. The molecular formula is C30H22BrFN4O9. The molecule has 1 saturated heterocycles. The molecule has 2 aromatic carbocycles. The number of rotatable bonds is 5. The van der Waals surface area contributed by atoms with E-state index < -0.39 is 79.8 Å². The highest BCUT2D eigenvalue weighted by molar-refractivity contribution is 9.12. The number of hydrogen-bond donors (Lipinski definition) is 1. The Labute approximate surface area is 261 Å². The second-order valence-corrected chi connectivity index (χ2v) is 12.2. The van der Waals surface area contributed by atoms with Crippen LogP contribution in [0, 0.1) is 43.8 Å². The van der Waals surface area contributed by atoms with E-state index in [1.807, 2.05) is 0 Å². The number of aromatic hydroxyl groups is 1. The van der Waals surface area contributed by atoms with E-state index in [4.69, 9.17) is 0 Å². The number of ketones is 2. The van der Waals surface area contributed by atoms with Crippen LogP contribution < -0.4 is 9.80 Å². The minimum Gasteiger partial charge on any atom is -0.505 e. The number of benzene rings is 2. The van der Waals surface area contributed by atoms with Crippen molar-refractivity contribution in [2.24, 2.45) is 17.8 Å². The maximum Gasteiger partial charge on any atom is 0.301 e. The minimum absolute atomic E-state index is 0.00210. The lowest BCUT2D eigenvalue weighted by Crippen LogP contribution is -2.39. The van der Waals surface area contributed by atoms with Crippen molar-refractivity contribution in [3.63, 3.8) is 0 Å². The van der Waals surface area contributed by atoms with E-state index in [9.17, 15) is 48.9 Å². The van der Waals surface area contributed by atoms with Gasteiger partial charge in [0.15, 0.2) is 28.8 Å². The van der Waals surface area contributed by atoms with Crippen molar-refractivity contribution >= 4 is 62.1 Å². The SMILES string of the molecule is CN(C)c1c([N+](=O)[O-])cc(N2C(=O)C3CC=C4C(c5ccc(O)c(F)c5)C5=C(CC4C3C2=O)C(=O)C(Br)=CC5=O)cc1[N+](=O)[O-]. The molecule has 4 atom stereocenters. The molecule has 1 fully saturated rings. The molecule has 6 rings (SSSR count). The van der Waals surface area contributed by atoms with Crippen LogP contribution in [0.5, 0.6) is 5.75 Å². The number of amides is 2. The summed E-state index contributed by atoms with van der Waals surface area (Å²) in [6.45, 7) is 0. The highest BCUT2D eigenvalue weighted by atomic mass is 79.9. The molecule has 0 bridgehead atoms. The third-order valence-corrected chi connectivity index (χ3v) is 9.38. The molecule has 3 aliphatic carbocycles. The molecule has 2 amide bonds. The van der Waals surface area contributed by atoms with Gasteiger partial charge in [-0.25, -0.2) is 9.29 Å². The van der Waals surface area contributed by atoms with Crippen molar-refractivity contribution in [3.8, 4) is 5.75 Å². The van der Waals surface area contributed by atoms with E-state index >= 15 is 0 Å². The number of anilines is 2. The molecule has 0 aromatic heterocycles. The summed E-state index contributed by atoms with van der Waals surface area (Å²) in [6, 6.07) is 5.46. The van der Waals surface area contributed by atoms with Crippen molar-refractivity contribution in [3.05, 3.63) is 95.3 Å². The first-order valence-electron chi connectivity index (χ1n) is 13.6. The van der Waals surface area contributed by atoms with Crippen LogP contribution >= 0.6 is 15.9 Å². The third-order valence-electron chi connectivity index (χ3n) is 8.79. The number of phenolic OH excluding ortho intramolecular Hbond substituents is 1. The largest absolute Gasteiger partial charge is 0.505 e. The van der Waals surface area contributed by atoms with Crippen LogP contribution in [0.3, 0.4) is 0 Å². The highest BCUT2D eigenvalue weighted by Gasteiger charge is 2.57. The monoisotopic (exact) mass is 680 g/mol. The van der Waals surface area contributed by atoms with Gasteiger partial charge in [-0.1, -0.05) is 17.7 Å². The molecule has 4 unspecified atom stereocenters. The van der Waals surface area contributed by atoms with Gasteiger partial charge in [-0.15, -0.1) is 0 Å². The summed E-state index contributed by atoms with van der Waals surface area (Å²) >= 11 is 3.12. The predicted octanol–water partition coefficient (Wildman–Crippen LogP) is 4.38. The number of nitrogens with zero attached hydrogens (tertiary/aromatic N) is 4. The Kier molecular flexibility index (Phi) is 7.03. The molecule has 1 heterocycles. The smallest absolute Gasteiger partial charge is 0.301 e. The predicted molar refractivity (Wildman–Crippen MR) is 159 cm³/mol. The summed E-state index contributed by atoms with van der Waals surface area (Å²) in [7, 11) is 2.77. The maximum atomic E-state index is 14.6. The fraction of sp³-hybridized carbons (Fsp3) is 0.267. The minimum atomic E-state index is -1.09. The third kappa shape index (κ3) is 4.48. The summed E-state index contributed by atoms with van der Waals surface area (Å²) in [5, 5.41) is 33.7. The summed E-state index contributed by atoms with van der Waals surface area (Å²) < 4.78 is 14.6. The Hall–Kier alpha value is -5.05. The van der Waals surface area contributed by atoms with Gasteiger partial charge in [0.25, 0.3) is 0 Å². The Morgan fingerprint density at radius 2 is 1.64 bits per heavy atom. The topological polar surface area (TPSA) is 181 Å². The number of phenols is 1. The number of allylic oxidation sites excluding steroid dienone is 6. The van der Waals surface area contributed by atoms with Crippen LogP contribution in [-0.4, -0.2) is 52.4 Å². The van der Waals surface area contributed by atoms with Crippen molar-refractivity contribution in [1.82, 2.24) is 0 Å². The van der Waals surface area contributed by atoms with Crippen LogP contribution in [-0.2, 0) is 19.2 Å². The average Bonchev–Trinajstić information content (AvgIpc) is 3.24. The zero-order valence-corrected chi connectivity index (χ0v) is 25.1. The van der Waals surface area contributed by atoms with Gasteiger partial charge < -0.3 is 10.0 Å². The number of carbonyl (C=O) groups excluding carboxylic acids is 4. The zero-order chi connectivity index (χ0) is 32.6. The Bertz CT molecular complexity index is 1860. The second kappa shape index (κ2) is 10.5. The quantitative estimate of drug-likeness (QED) is 0.156. The van der Waals surface area contributed by atoms with Gasteiger partial charge in [-0.2, -0.15) is 0 Å². The molecule has 2 aromatic rings. The average molecular weight is 681 g/mol. The summed E-state index contributed by atoms with van der Waals surface area (Å²) in [5.41, 5.74) is -1.05. The number of carbonyl (C=O) groups is 4. The van der Waals surface area contributed by atoms with Crippen molar-refractivity contribution < 1.29 is 38.5 Å². The zero-order valence-electron chi connectivity index (χ0n) is 23.5. The van der Waals surface area contributed by atoms with Crippen molar-refractivity contribution in [1.29, 1.82) is 0 Å². The first-order valence-corrected chi connectivity index (χ1v) is 14.4. The van der Waals surface area contributed by atoms with E-state index in [-0.39, 0.29) is 45.4 Å². The van der Waals surface area contributed by atoms with Crippen LogP contribution in [0.1, 0.15) is 24.3 Å². The highest BCUT2D eigenvalue weighted by Crippen LogP contribution is 2.56. The number of halogens is 2. The molecule has 0 radical (unpaired) electrons.